The van der Waals surface area contributed by atoms with Crippen LogP contribution >= 0.6 is 11.6 Å². The number of hydrogen-bond acceptors (Lipinski definition) is 4. The van der Waals surface area contributed by atoms with Crippen LogP contribution in [-0.4, -0.2) is 36.6 Å². The van der Waals surface area contributed by atoms with E-state index in [1.54, 1.807) is 18.3 Å². The first kappa shape index (κ1) is 19.7. The van der Waals surface area contributed by atoms with Crippen LogP contribution in [0.2, 0.25) is 5.15 Å². The summed E-state index contributed by atoms with van der Waals surface area (Å²) in [6.45, 7) is 8.38. The summed E-state index contributed by atoms with van der Waals surface area (Å²) < 4.78 is 5.60. The van der Waals surface area contributed by atoms with Gasteiger partial charge in [0.2, 0.25) is 0 Å². The van der Waals surface area contributed by atoms with Crippen LogP contribution in [0.3, 0.4) is 0 Å². The summed E-state index contributed by atoms with van der Waals surface area (Å²) in [5.74, 6) is -0.0509. The molecule has 0 spiro atoms. The summed E-state index contributed by atoms with van der Waals surface area (Å²) >= 11 is 6.09. The Balaban J connectivity index is 1.99. The molecule has 1 aliphatic heterocycles. The molecule has 0 saturated carbocycles. The van der Waals surface area contributed by atoms with Crippen molar-refractivity contribution in [3.63, 3.8) is 0 Å². The second kappa shape index (κ2) is 8.34. The van der Waals surface area contributed by atoms with Crippen LogP contribution in [0.25, 0.3) is 5.57 Å². The van der Waals surface area contributed by atoms with Crippen LogP contribution in [0.5, 0.6) is 0 Å². The highest BCUT2D eigenvalue weighted by molar-refractivity contribution is 6.29. The van der Waals surface area contributed by atoms with Crippen molar-refractivity contribution in [1.29, 1.82) is 0 Å². The molecule has 1 atom stereocenters. The first-order valence-electron chi connectivity index (χ1n) is 9.15. The van der Waals surface area contributed by atoms with E-state index in [1.807, 2.05) is 18.2 Å². The van der Waals surface area contributed by atoms with Gasteiger partial charge in [-0.3, -0.25) is 4.79 Å². The fraction of sp³-hybridized carbons (Fsp3) is 0.364. The molecule has 1 unspecified atom stereocenters. The van der Waals surface area contributed by atoms with Gasteiger partial charge in [0, 0.05) is 19.3 Å². The average molecular weight is 385 g/mol. The number of ketones is 1. The minimum Gasteiger partial charge on any atom is -0.367 e. The van der Waals surface area contributed by atoms with E-state index in [9.17, 15) is 4.79 Å². The van der Waals surface area contributed by atoms with E-state index < -0.39 is 6.10 Å². The highest BCUT2D eigenvalue weighted by atomic mass is 35.5. The minimum absolute atomic E-state index is 0.0509. The van der Waals surface area contributed by atoms with Gasteiger partial charge in [-0.1, -0.05) is 56.6 Å². The van der Waals surface area contributed by atoms with E-state index in [0.29, 0.717) is 18.3 Å². The minimum atomic E-state index is -0.458. The maximum absolute atomic E-state index is 12.8. The molecular formula is C22H25ClN2O2. The highest BCUT2D eigenvalue weighted by Gasteiger charge is 2.21. The van der Waals surface area contributed by atoms with Gasteiger partial charge in [0.25, 0.3) is 0 Å². The van der Waals surface area contributed by atoms with E-state index in [0.717, 1.165) is 23.2 Å². The van der Waals surface area contributed by atoms with Gasteiger partial charge < -0.3 is 10.1 Å². The lowest BCUT2D eigenvalue weighted by Crippen LogP contribution is -2.42. The molecule has 5 heteroatoms. The van der Waals surface area contributed by atoms with Crippen LogP contribution in [0.15, 0.2) is 48.7 Å². The highest BCUT2D eigenvalue weighted by Crippen LogP contribution is 2.28. The molecule has 3 rings (SSSR count). The third kappa shape index (κ3) is 5.04. The monoisotopic (exact) mass is 384 g/mol. The zero-order chi connectivity index (χ0) is 19.4. The zero-order valence-electron chi connectivity index (χ0n) is 16.0. The Morgan fingerprint density at radius 3 is 2.56 bits per heavy atom. The zero-order valence-corrected chi connectivity index (χ0v) is 16.7. The third-order valence-electron chi connectivity index (χ3n) is 4.63. The van der Waals surface area contributed by atoms with Gasteiger partial charge in [-0.05, 0) is 45.9 Å². The van der Waals surface area contributed by atoms with Crippen LogP contribution < -0.4 is 5.32 Å². The Bertz CT molecular complexity index is 832. The fourth-order valence-electron chi connectivity index (χ4n) is 3.04. The van der Waals surface area contributed by atoms with Crippen molar-refractivity contribution < 1.29 is 9.53 Å². The largest absolute Gasteiger partial charge is 0.367 e. The molecule has 142 valence electrons. The summed E-state index contributed by atoms with van der Waals surface area (Å²) in [4.78, 5) is 16.8. The summed E-state index contributed by atoms with van der Waals surface area (Å²) in [5.41, 5.74) is 3.95. The Morgan fingerprint density at radius 1 is 1.22 bits per heavy atom. The normalized spacial score (nSPS) is 18.4. The van der Waals surface area contributed by atoms with Crippen molar-refractivity contribution in [3.05, 3.63) is 70.5 Å². The first-order chi connectivity index (χ1) is 12.8. The van der Waals surface area contributed by atoms with Crippen LogP contribution in [-0.2, 0) is 14.9 Å². The van der Waals surface area contributed by atoms with Gasteiger partial charge >= 0.3 is 0 Å². The van der Waals surface area contributed by atoms with Crippen molar-refractivity contribution in [2.45, 2.75) is 32.3 Å². The van der Waals surface area contributed by atoms with E-state index in [2.05, 4.69) is 43.2 Å². The molecule has 1 saturated heterocycles. The SMILES string of the molecule is CC(C)(C)c1ccc(C(=CC(=O)C2CNCCO2)c2ccnc(Cl)c2)cc1. The number of aromatic nitrogens is 1. The molecule has 0 amide bonds. The number of rotatable bonds is 4. The lowest BCUT2D eigenvalue weighted by Gasteiger charge is -2.22. The van der Waals surface area contributed by atoms with Gasteiger partial charge in [0.15, 0.2) is 5.78 Å². The molecule has 4 nitrogen and oxygen atoms in total. The third-order valence-corrected chi connectivity index (χ3v) is 4.84. The van der Waals surface area contributed by atoms with E-state index >= 15 is 0 Å². The van der Waals surface area contributed by atoms with Gasteiger partial charge in [-0.25, -0.2) is 4.98 Å². The van der Waals surface area contributed by atoms with Crippen LogP contribution in [0, 0.1) is 0 Å². The molecule has 1 N–H and O–H groups in total. The molecule has 1 aliphatic rings. The smallest absolute Gasteiger partial charge is 0.186 e. The molecule has 27 heavy (non-hydrogen) atoms. The second-order valence-corrected chi connectivity index (χ2v) is 8.11. The number of carbonyl (C=O) groups excluding carboxylic acids is 1. The molecule has 1 fully saturated rings. The first-order valence-corrected chi connectivity index (χ1v) is 9.53. The predicted molar refractivity (Wildman–Crippen MR) is 109 cm³/mol. The number of nitrogens with zero attached hydrogens (tertiary/aromatic N) is 1. The summed E-state index contributed by atoms with van der Waals surface area (Å²) in [5, 5.41) is 3.59. The molecule has 2 heterocycles. The molecule has 1 aromatic carbocycles. The number of morpholine rings is 1. The maximum atomic E-state index is 12.8. The number of nitrogens with one attached hydrogen (secondary N) is 1. The molecular weight excluding hydrogens is 360 g/mol. The Labute approximate surface area is 165 Å². The molecule has 0 aliphatic carbocycles. The summed E-state index contributed by atoms with van der Waals surface area (Å²) in [7, 11) is 0. The van der Waals surface area contributed by atoms with Gasteiger partial charge in [-0.15, -0.1) is 0 Å². The van der Waals surface area contributed by atoms with Crippen molar-refractivity contribution in [2.75, 3.05) is 19.7 Å². The number of carbonyl (C=O) groups is 1. The number of ether oxygens (including phenoxy) is 1. The number of pyridine rings is 1. The van der Waals surface area contributed by atoms with Crippen LogP contribution in [0.4, 0.5) is 0 Å². The summed E-state index contributed by atoms with van der Waals surface area (Å²) in [6.07, 6.45) is 2.85. The number of benzene rings is 1. The van der Waals surface area contributed by atoms with Crippen molar-refractivity contribution in [3.8, 4) is 0 Å². The topological polar surface area (TPSA) is 51.2 Å². The molecule has 1 aromatic heterocycles. The van der Waals surface area contributed by atoms with Gasteiger partial charge in [0.05, 0.1) is 6.61 Å². The molecule has 0 radical (unpaired) electrons. The Morgan fingerprint density at radius 2 is 1.96 bits per heavy atom. The average Bonchev–Trinajstić information content (AvgIpc) is 2.66. The standard InChI is InChI=1S/C22H25ClN2O2/c1-22(2,3)17-6-4-15(5-7-17)18(16-8-9-25-21(23)12-16)13-19(26)20-14-24-10-11-27-20/h4-9,12-13,20,24H,10-11,14H2,1-3H3. The van der Waals surface area contributed by atoms with E-state index in [1.165, 1.54) is 5.56 Å². The van der Waals surface area contributed by atoms with Gasteiger partial charge in [-0.2, -0.15) is 0 Å². The lowest BCUT2D eigenvalue weighted by molar-refractivity contribution is -0.126. The second-order valence-electron chi connectivity index (χ2n) is 7.72. The quantitative estimate of drug-likeness (QED) is 0.639. The number of halogens is 1. The molecule has 0 bridgehead atoms. The fourth-order valence-corrected chi connectivity index (χ4v) is 3.21. The summed E-state index contributed by atoms with van der Waals surface area (Å²) in [6, 6.07) is 12.0. The molecule has 2 aromatic rings. The maximum Gasteiger partial charge on any atom is 0.186 e. The Hall–Kier alpha value is -2.01. The van der Waals surface area contributed by atoms with E-state index in [4.69, 9.17) is 16.3 Å². The Kier molecular flexibility index (Phi) is 6.10. The van der Waals surface area contributed by atoms with Crippen LogP contribution in [0.1, 0.15) is 37.5 Å². The number of hydrogen-bond donors (Lipinski definition) is 1. The van der Waals surface area contributed by atoms with Crippen molar-refractivity contribution >= 4 is 23.0 Å². The lowest BCUT2D eigenvalue weighted by atomic mass is 9.85. The van der Waals surface area contributed by atoms with Gasteiger partial charge in [0.1, 0.15) is 11.3 Å². The van der Waals surface area contributed by atoms with Crippen molar-refractivity contribution in [1.82, 2.24) is 10.3 Å². The van der Waals surface area contributed by atoms with E-state index in [-0.39, 0.29) is 11.2 Å². The van der Waals surface area contributed by atoms with Crippen molar-refractivity contribution in [2.24, 2.45) is 0 Å². The predicted octanol–water partition coefficient (Wildman–Crippen LogP) is 4.02.